The van der Waals surface area contributed by atoms with Gasteiger partial charge in [-0.25, -0.2) is 0 Å². The van der Waals surface area contributed by atoms with E-state index in [1.807, 2.05) is 6.07 Å². The summed E-state index contributed by atoms with van der Waals surface area (Å²) in [5, 5.41) is 0. The summed E-state index contributed by atoms with van der Waals surface area (Å²) in [5.41, 5.74) is 5.14. The fourth-order valence-electron chi connectivity index (χ4n) is 2.66. The highest BCUT2D eigenvalue weighted by atomic mass is 16.1. The standard InChI is InChI=1S/C16H14O/c17-11-15-10-13-6-2-1-5-12(13)9-14-7-3-4-8-16(14)15/h1-8,11,15H,9-10H2. The molecule has 0 bridgehead atoms. The molecule has 0 fully saturated rings. The zero-order valence-corrected chi connectivity index (χ0v) is 9.60. The molecule has 0 saturated carbocycles. The van der Waals surface area contributed by atoms with Crippen molar-refractivity contribution in [3.8, 4) is 0 Å². The second-order valence-corrected chi connectivity index (χ2v) is 4.59. The predicted molar refractivity (Wildman–Crippen MR) is 68.2 cm³/mol. The molecule has 3 rings (SSSR count). The molecule has 0 N–H and O–H groups in total. The predicted octanol–water partition coefficient (Wildman–Crippen LogP) is 3.12. The van der Waals surface area contributed by atoms with Gasteiger partial charge < -0.3 is 4.79 Å². The Morgan fingerprint density at radius 2 is 1.53 bits per heavy atom. The molecule has 1 nitrogen and oxygen atoms in total. The van der Waals surface area contributed by atoms with Crippen molar-refractivity contribution in [2.75, 3.05) is 0 Å². The molecule has 0 aromatic heterocycles. The summed E-state index contributed by atoms with van der Waals surface area (Å²) in [6, 6.07) is 16.7. The van der Waals surface area contributed by atoms with Crippen LogP contribution in [0.1, 0.15) is 28.2 Å². The lowest BCUT2D eigenvalue weighted by Gasteiger charge is -2.10. The molecule has 1 atom stereocenters. The number of rotatable bonds is 1. The van der Waals surface area contributed by atoms with Gasteiger partial charge in [0.15, 0.2) is 0 Å². The third kappa shape index (κ3) is 1.78. The summed E-state index contributed by atoms with van der Waals surface area (Å²) in [7, 11) is 0. The first-order chi connectivity index (χ1) is 8.38. The van der Waals surface area contributed by atoms with Gasteiger partial charge in [0, 0.05) is 5.92 Å². The third-order valence-corrected chi connectivity index (χ3v) is 3.56. The highest BCUT2D eigenvalue weighted by Crippen LogP contribution is 2.30. The molecule has 0 aliphatic heterocycles. The first-order valence-electron chi connectivity index (χ1n) is 5.98. The van der Waals surface area contributed by atoms with Crippen molar-refractivity contribution in [1.29, 1.82) is 0 Å². The van der Waals surface area contributed by atoms with Crippen LogP contribution in [-0.4, -0.2) is 6.29 Å². The summed E-state index contributed by atoms with van der Waals surface area (Å²) < 4.78 is 0. The second-order valence-electron chi connectivity index (χ2n) is 4.59. The molecule has 17 heavy (non-hydrogen) atoms. The molecule has 0 amide bonds. The quantitative estimate of drug-likeness (QED) is 0.677. The molecule has 1 aliphatic rings. The number of carbonyl (C=O) groups excluding carboxylic acids is 1. The van der Waals surface area contributed by atoms with Crippen molar-refractivity contribution in [3.63, 3.8) is 0 Å². The zero-order valence-electron chi connectivity index (χ0n) is 9.60. The summed E-state index contributed by atoms with van der Waals surface area (Å²) in [4.78, 5) is 11.3. The molecule has 0 saturated heterocycles. The fourth-order valence-corrected chi connectivity index (χ4v) is 2.66. The number of hydrogen-bond donors (Lipinski definition) is 0. The Morgan fingerprint density at radius 3 is 2.29 bits per heavy atom. The van der Waals surface area contributed by atoms with Crippen LogP contribution in [0.2, 0.25) is 0 Å². The van der Waals surface area contributed by atoms with Crippen LogP contribution in [0.25, 0.3) is 0 Å². The van der Waals surface area contributed by atoms with Crippen molar-refractivity contribution in [2.24, 2.45) is 0 Å². The Morgan fingerprint density at radius 1 is 0.882 bits per heavy atom. The van der Waals surface area contributed by atoms with Gasteiger partial charge in [-0.1, -0.05) is 48.5 Å². The number of aldehydes is 1. The van der Waals surface area contributed by atoms with E-state index in [-0.39, 0.29) is 5.92 Å². The lowest BCUT2D eigenvalue weighted by atomic mass is 9.93. The van der Waals surface area contributed by atoms with Gasteiger partial charge in [-0.3, -0.25) is 0 Å². The minimum atomic E-state index is 0.00912. The van der Waals surface area contributed by atoms with Crippen molar-refractivity contribution >= 4 is 6.29 Å². The maximum absolute atomic E-state index is 11.3. The number of fused-ring (bicyclic) bond motifs is 2. The summed E-state index contributed by atoms with van der Waals surface area (Å²) in [6.45, 7) is 0. The van der Waals surface area contributed by atoms with E-state index in [0.717, 1.165) is 19.1 Å². The zero-order chi connectivity index (χ0) is 11.7. The van der Waals surface area contributed by atoms with Gasteiger partial charge in [0.2, 0.25) is 0 Å². The maximum atomic E-state index is 11.3. The second kappa shape index (κ2) is 4.17. The Balaban J connectivity index is 2.16. The van der Waals surface area contributed by atoms with Crippen molar-refractivity contribution in [2.45, 2.75) is 18.8 Å². The van der Waals surface area contributed by atoms with Crippen LogP contribution < -0.4 is 0 Å². The van der Waals surface area contributed by atoms with E-state index in [0.29, 0.717) is 0 Å². The normalized spacial score (nSPS) is 17.8. The minimum absolute atomic E-state index is 0.00912. The molecule has 0 spiro atoms. The largest absolute Gasteiger partial charge is 0.303 e. The average Bonchev–Trinajstić information content (AvgIpc) is 2.54. The van der Waals surface area contributed by atoms with Crippen LogP contribution in [0.3, 0.4) is 0 Å². The molecular weight excluding hydrogens is 208 g/mol. The molecule has 0 heterocycles. The van der Waals surface area contributed by atoms with E-state index < -0.39 is 0 Å². The van der Waals surface area contributed by atoms with Gasteiger partial charge in [0.25, 0.3) is 0 Å². The molecule has 84 valence electrons. The fraction of sp³-hybridized carbons (Fsp3) is 0.188. The van der Waals surface area contributed by atoms with Gasteiger partial charge in [0.1, 0.15) is 6.29 Å². The van der Waals surface area contributed by atoms with Gasteiger partial charge in [-0.15, -0.1) is 0 Å². The smallest absolute Gasteiger partial charge is 0.127 e. The number of benzene rings is 2. The lowest BCUT2D eigenvalue weighted by Crippen LogP contribution is -2.04. The van der Waals surface area contributed by atoms with Crippen LogP contribution in [0.5, 0.6) is 0 Å². The van der Waals surface area contributed by atoms with E-state index >= 15 is 0 Å². The van der Waals surface area contributed by atoms with Crippen LogP contribution in [0.4, 0.5) is 0 Å². The van der Waals surface area contributed by atoms with E-state index in [1.54, 1.807) is 0 Å². The third-order valence-electron chi connectivity index (χ3n) is 3.56. The summed E-state index contributed by atoms with van der Waals surface area (Å²) in [6.07, 6.45) is 2.86. The molecule has 2 aromatic rings. The van der Waals surface area contributed by atoms with E-state index in [9.17, 15) is 4.79 Å². The first kappa shape index (κ1) is 10.3. The van der Waals surface area contributed by atoms with Crippen molar-refractivity contribution in [3.05, 3.63) is 70.8 Å². The Hall–Kier alpha value is -1.89. The van der Waals surface area contributed by atoms with Gasteiger partial charge in [0.05, 0.1) is 0 Å². The number of hydrogen-bond acceptors (Lipinski definition) is 1. The molecule has 1 unspecified atom stereocenters. The maximum Gasteiger partial charge on any atom is 0.127 e. The van der Waals surface area contributed by atoms with Crippen molar-refractivity contribution < 1.29 is 4.79 Å². The molecule has 1 aliphatic carbocycles. The molecule has 0 radical (unpaired) electrons. The molecular formula is C16H14O. The topological polar surface area (TPSA) is 17.1 Å². The van der Waals surface area contributed by atoms with Crippen LogP contribution >= 0.6 is 0 Å². The Labute approximate surface area is 101 Å². The van der Waals surface area contributed by atoms with E-state index in [1.165, 1.54) is 22.3 Å². The van der Waals surface area contributed by atoms with Crippen LogP contribution in [0, 0.1) is 0 Å². The van der Waals surface area contributed by atoms with Crippen molar-refractivity contribution in [1.82, 2.24) is 0 Å². The SMILES string of the molecule is O=CC1Cc2ccccc2Cc2ccccc21. The molecule has 2 aromatic carbocycles. The lowest BCUT2D eigenvalue weighted by molar-refractivity contribution is -0.109. The highest BCUT2D eigenvalue weighted by molar-refractivity contribution is 5.65. The van der Waals surface area contributed by atoms with E-state index in [2.05, 4.69) is 42.5 Å². The molecule has 1 heteroatoms. The summed E-state index contributed by atoms with van der Waals surface area (Å²) >= 11 is 0. The number of carbonyl (C=O) groups is 1. The highest BCUT2D eigenvalue weighted by Gasteiger charge is 2.20. The monoisotopic (exact) mass is 222 g/mol. The Bertz CT molecular complexity index is 557. The van der Waals surface area contributed by atoms with Crippen LogP contribution in [-0.2, 0) is 17.6 Å². The average molecular weight is 222 g/mol. The minimum Gasteiger partial charge on any atom is -0.303 e. The van der Waals surface area contributed by atoms with Gasteiger partial charge in [-0.2, -0.15) is 0 Å². The summed E-state index contributed by atoms with van der Waals surface area (Å²) in [5.74, 6) is 0.00912. The first-order valence-corrected chi connectivity index (χ1v) is 5.98. The van der Waals surface area contributed by atoms with Crippen LogP contribution in [0.15, 0.2) is 48.5 Å². The van der Waals surface area contributed by atoms with Gasteiger partial charge >= 0.3 is 0 Å². The van der Waals surface area contributed by atoms with E-state index in [4.69, 9.17) is 0 Å². The van der Waals surface area contributed by atoms with Gasteiger partial charge in [-0.05, 0) is 35.1 Å². The Kier molecular flexibility index (Phi) is 2.52.